The van der Waals surface area contributed by atoms with Crippen LogP contribution in [-0.4, -0.2) is 42.1 Å². The zero-order valence-electron chi connectivity index (χ0n) is 12.9. The number of sulfone groups is 1. The van der Waals surface area contributed by atoms with Gasteiger partial charge in [-0.05, 0) is 43.3 Å². The van der Waals surface area contributed by atoms with E-state index in [9.17, 15) is 13.2 Å². The Bertz CT molecular complexity index is 765. The lowest BCUT2D eigenvalue weighted by Gasteiger charge is -2.19. The van der Waals surface area contributed by atoms with Gasteiger partial charge in [0.05, 0.1) is 4.90 Å². The van der Waals surface area contributed by atoms with E-state index in [-0.39, 0.29) is 11.3 Å². The number of nitrogens with one attached hydrogen (secondary N) is 1. The van der Waals surface area contributed by atoms with Crippen molar-refractivity contribution in [3.05, 3.63) is 48.8 Å². The normalized spacial score (nSPS) is 12.4. The highest BCUT2D eigenvalue weighted by atomic mass is 32.2. The summed E-state index contributed by atoms with van der Waals surface area (Å²) in [5.74, 6) is 0.654. The molecule has 0 fully saturated rings. The summed E-state index contributed by atoms with van der Waals surface area (Å²) in [7, 11) is -3.62. The van der Waals surface area contributed by atoms with Crippen molar-refractivity contribution in [3.8, 4) is 11.5 Å². The van der Waals surface area contributed by atoms with Crippen molar-refractivity contribution in [3.63, 3.8) is 0 Å². The van der Waals surface area contributed by atoms with E-state index >= 15 is 0 Å². The molecule has 128 valence electrons. The molecule has 0 saturated carbocycles. The lowest BCUT2D eigenvalue weighted by atomic mass is 10.3. The number of carbonyl (C=O) groups is 1. The predicted molar refractivity (Wildman–Crippen MR) is 85.1 cm³/mol. The van der Waals surface area contributed by atoms with Gasteiger partial charge < -0.3 is 4.74 Å². The molecular formula is C15H17N3O5S. The van der Waals surface area contributed by atoms with E-state index in [0.29, 0.717) is 16.6 Å². The van der Waals surface area contributed by atoms with Gasteiger partial charge in [-0.3, -0.25) is 20.3 Å². The number of rotatable bonds is 8. The van der Waals surface area contributed by atoms with Crippen molar-refractivity contribution in [2.45, 2.75) is 18.0 Å². The van der Waals surface area contributed by atoms with Crippen LogP contribution < -0.4 is 10.1 Å². The number of hydroxylamine groups is 2. The molecule has 0 aliphatic heterocycles. The molecule has 0 aliphatic carbocycles. The first-order valence-corrected chi connectivity index (χ1v) is 8.64. The summed E-state index contributed by atoms with van der Waals surface area (Å²) in [6, 6.07) is 9.30. The molecule has 1 unspecified atom stereocenters. The average Bonchev–Trinajstić information content (AvgIpc) is 2.60. The van der Waals surface area contributed by atoms with E-state index in [1.807, 2.05) is 0 Å². The molecule has 0 saturated heterocycles. The van der Waals surface area contributed by atoms with E-state index in [0.717, 1.165) is 0 Å². The van der Waals surface area contributed by atoms with Gasteiger partial charge in [-0.1, -0.05) is 0 Å². The number of benzene rings is 1. The first-order chi connectivity index (χ1) is 11.4. The van der Waals surface area contributed by atoms with Crippen LogP contribution in [0.2, 0.25) is 0 Å². The van der Waals surface area contributed by atoms with Crippen LogP contribution in [0.25, 0.3) is 0 Å². The molecular weight excluding hydrogens is 334 g/mol. The maximum atomic E-state index is 12.2. The number of pyridine rings is 1. The van der Waals surface area contributed by atoms with Gasteiger partial charge in [0.1, 0.15) is 23.5 Å². The van der Waals surface area contributed by atoms with Crippen LogP contribution in [0.4, 0.5) is 0 Å². The second kappa shape index (κ2) is 7.86. The minimum atomic E-state index is -3.62. The molecule has 0 bridgehead atoms. The summed E-state index contributed by atoms with van der Waals surface area (Å²) >= 11 is 0. The Kier molecular flexibility index (Phi) is 5.85. The summed E-state index contributed by atoms with van der Waals surface area (Å²) in [6.45, 7) is 1.45. The van der Waals surface area contributed by atoms with Crippen molar-refractivity contribution in [2.24, 2.45) is 0 Å². The largest absolute Gasteiger partial charge is 0.457 e. The monoisotopic (exact) mass is 351 g/mol. The van der Waals surface area contributed by atoms with Crippen molar-refractivity contribution in [1.82, 2.24) is 15.4 Å². The van der Waals surface area contributed by atoms with Crippen molar-refractivity contribution >= 4 is 16.2 Å². The number of aromatic nitrogens is 1. The lowest BCUT2D eigenvalue weighted by Crippen LogP contribution is -2.42. The van der Waals surface area contributed by atoms with E-state index in [1.165, 1.54) is 19.1 Å². The molecule has 2 N–H and O–H groups in total. The number of hydrogen-bond acceptors (Lipinski definition) is 7. The molecule has 1 amide bonds. The molecule has 1 aromatic heterocycles. The Morgan fingerprint density at radius 1 is 1.21 bits per heavy atom. The third-order valence-corrected chi connectivity index (χ3v) is 4.68. The standard InChI is InChI=1S/C15H17N3O5S/c1-12(18(20)11-19)17-10-24(21,22)15-4-2-13(3-5-15)23-14-6-8-16-9-7-14/h2-9,11-12,17,20H,10H2,1H3. The van der Waals surface area contributed by atoms with Gasteiger partial charge in [-0.15, -0.1) is 0 Å². The van der Waals surface area contributed by atoms with Gasteiger partial charge in [-0.2, -0.15) is 0 Å². The smallest absolute Gasteiger partial charge is 0.234 e. The van der Waals surface area contributed by atoms with Crippen LogP contribution in [0, 0.1) is 0 Å². The SMILES string of the molecule is CC(NCS(=O)(=O)c1ccc(Oc2ccncc2)cc1)N(O)C=O. The molecule has 1 aromatic carbocycles. The predicted octanol–water partition coefficient (Wildman–Crippen LogP) is 1.39. The molecule has 0 spiro atoms. The van der Waals surface area contributed by atoms with Crippen molar-refractivity contribution < 1.29 is 23.2 Å². The molecule has 24 heavy (non-hydrogen) atoms. The first kappa shape index (κ1) is 17.9. The molecule has 9 heteroatoms. The Morgan fingerprint density at radius 3 is 2.38 bits per heavy atom. The van der Waals surface area contributed by atoms with Crippen LogP contribution in [0.5, 0.6) is 11.5 Å². The molecule has 1 heterocycles. The Hall–Kier alpha value is -2.49. The van der Waals surface area contributed by atoms with E-state index in [1.54, 1.807) is 36.7 Å². The highest BCUT2D eigenvalue weighted by Crippen LogP contribution is 2.22. The minimum absolute atomic E-state index is 0.0971. The summed E-state index contributed by atoms with van der Waals surface area (Å²) in [6.07, 6.45) is 2.54. The summed E-state index contributed by atoms with van der Waals surface area (Å²) in [5.41, 5.74) is 0. The third-order valence-electron chi connectivity index (χ3n) is 3.14. The zero-order valence-corrected chi connectivity index (χ0v) is 13.7. The highest BCUT2D eigenvalue weighted by molar-refractivity contribution is 7.91. The second-order valence-corrected chi connectivity index (χ2v) is 6.87. The Balaban J connectivity index is 2.02. The maximum Gasteiger partial charge on any atom is 0.234 e. The van der Waals surface area contributed by atoms with Gasteiger partial charge >= 0.3 is 0 Å². The number of hydrogen-bond donors (Lipinski definition) is 2. The summed E-state index contributed by atoms with van der Waals surface area (Å²) in [4.78, 5) is 14.4. The van der Waals surface area contributed by atoms with E-state index in [4.69, 9.17) is 9.94 Å². The molecule has 0 radical (unpaired) electrons. The fourth-order valence-electron chi connectivity index (χ4n) is 1.76. The molecule has 8 nitrogen and oxygen atoms in total. The van der Waals surface area contributed by atoms with Gasteiger partial charge in [0.2, 0.25) is 6.41 Å². The van der Waals surface area contributed by atoms with Crippen LogP contribution in [0.1, 0.15) is 6.92 Å². The Labute approximate surface area is 139 Å². The van der Waals surface area contributed by atoms with Crippen molar-refractivity contribution in [1.29, 1.82) is 0 Å². The van der Waals surface area contributed by atoms with E-state index < -0.39 is 21.9 Å². The van der Waals surface area contributed by atoms with Crippen LogP contribution >= 0.6 is 0 Å². The van der Waals surface area contributed by atoms with Gasteiger partial charge in [0.15, 0.2) is 9.84 Å². The lowest BCUT2D eigenvalue weighted by molar-refractivity contribution is -0.161. The van der Waals surface area contributed by atoms with E-state index in [2.05, 4.69) is 10.3 Å². The average molecular weight is 351 g/mol. The fraction of sp³-hybridized carbons (Fsp3) is 0.200. The molecule has 0 aliphatic rings. The minimum Gasteiger partial charge on any atom is -0.457 e. The number of amides is 1. The maximum absolute atomic E-state index is 12.2. The van der Waals surface area contributed by atoms with Crippen LogP contribution in [-0.2, 0) is 14.6 Å². The summed E-state index contributed by atoms with van der Waals surface area (Å²) < 4.78 is 30.0. The summed E-state index contributed by atoms with van der Waals surface area (Å²) in [5, 5.41) is 12.1. The highest BCUT2D eigenvalue weighted by Gasteiger charge is 2.17. The van der Waals surface area contributed by atoms with Crippen molar-refractivity contribution in [2.75, 3.05) is 5.88 Å². The molecule has 2 aromatic rings. The molecule has 1 atom stereocenters. The fourth-order valence-corrected chi connectivity index (χ4v) is 2.93. The molecule has 2 rings (SSSR count). The zero-order chi connectivity index (χ0) is 17.6. The third kappa shape index (κ3) is 4.75. The Morgan fingerprint density at radius 2 is 1.79 bits per heavy atom. The number of nitrogens with zero attached hydrogens (tertiary/aromatic N) is 2. The number of ether oxygens (including phenoxy) is 1. The van der Waals surface area contributed by atoms with Gasteiger partial charge in [0.25, 0.3) is 0 Å². The van der Waals surface area contributed by atoms with Gasteiger partial charge in [0, 0.05) is 12.4 Å². The van der Waals surface area contributed by atoms with Crippen LogP contribution in [0.3, 0.4) is 0 Å². The first-order valence-electron chi connectivity index (χ1n) is 6.99. The number of carbonyl (C=O) groups excluding carboxylic acids is 1. The van der Waals surface area contributed by atoms with Gasteiger partial charge in [-0.25, -0.2) is 13.5 Å². The second-order valence-electron chi connectivity index (χ2n) is 4.88. The quantitative estimate of drug-likeness (QED) is 0.320. The van der Waals surface area contributed by atoms with Crippen LogP contribution in [0.15, 0.2) is 53.7 Å². The topological polar surface area (TPSA) is 109 Å².